The van der Waals surface area contributed by atoms with E-state index in [1.807, 2.05) is 23.8 Å². The summed E-state index contributed by atoms with van der Waals surface area (Å²) in [5, 5.41) is 4.02. The minimum absolute atomic E-state index is 0.131. The van der Waals surface area contributed by atoms with Crippen molar-refractivity contribution in [3.8, 4) is 0 Å². The lowest BCUT2D eigenvalue weighted by molar-refractivity contribution is 0.799. The van der Waals surface area contributed by atoms with E-state index < -0.39 is 0 Å². The Labute approximate surface area is 99.5 Å². The van der Waals surface area contributed by atoms with Crippen LogP contribution in [-0.4, -0.2) is 26.2 Å². The van der Waals surface area contributed by atoms with E-state index in [0.717, 1.165) is 16.5 Å². The fourth-order valence-electron chi connectivity index (χ4n) is 1.38. The summed E-state index contributed by atoms with van der Waals surface area (Å²) in [5.74, 6) is 0.859. The van der Waals surface area contributed by atoms with Crippen LogP contribution in [-0.2, 0) is 0 Å². The van der Waals surface area contributed by atoms with Crippen molar-refractivity contribution in [2.45, 2.75) is 30.5 Å². The van der Waals surface area contributed by atoms with Gasteiger partial charge in [0.1, 0.15) is 10.8 Å². The first-order chi connectivity index (χ1) is 7.49. The second-order valence-electron chi connectivity index (χ2n) is 4.55. The van der Waals surface area contributed by atoms with Crippen molar-refractivity contribution < 1.29 is 0 Å². The van der Waals surface area contributed by atoms with Crippen LogP contribution in [0.25, 0.3) is 5.65 Å². The van der Waals surface area contributed by atoms with Gasteiger partial charge in [0.25, 0.3) is 0 Å². The van der Waals surface area contributed by atoms with E-state index in [-0.39, 0.29) is 4.75 Å². The number of fused-ring (bicyclic) bond motifs is 1. The molecule has 86 valence electrons. The molecule has 0 aliphatic rings. The maximum atomic E-state index is 4.55. The van der Waals surface area contributed by atoms with Gasteiger partial charge in [0.15, 0.2) is 5.65 Å². The van der Waals surface area contributed by atoms with E-state index in [0.29, 0.717) is 0 Å². The van der Waals surface area contributed by atoms with Gasteiger partial charge in [0, 0.05) is 24.2 Å². The van der Waals surface area contributed by atoms with Crippen LogP contribution < -0.4 is 5.32 Å². The van der Waals surface area contributed by atoms with Gasteiger partial charge >= 0.3 is 0 Å². The third kappa shape index (κ3) is 2.29. The molecule has 0 saturated heterocycles. The predicted molar refractivity (Wildman–Crippen MR) is 68.1 cm³/mol. The lowest BCUT2D eigenvalue weighted by Gasteiger charge is -2.17. The van der Waals surface area contributed by atoms with E-state index in [1.165, 1.54) is 0 Å². The molecule has 0 fully saturated rings. The Morgan fingerprint density at radius 2 is 2.12 bits per heavy atom. The summed E-state index contributed by atoms with van der Waals surface area (Å²) in [5.41, 5.74) is 0.916. The molecule has 0 radical (unpaired) electrons. The Morgan fingerprint density at radius 1 is 1.38 bits per heavy atom. The molecule has 0 spiro atoms. The molecule has 4 nitrogen and oxygen atoms in total. The minimum atomic E-state index is 0.131. The fraction of sp³-hybridized carbons (Fsp3) is 0.455. The topological polar surface area (TPSA) is 42.2 Å². The monoisotopic (exact) mass is 236 g/mol. The lowest BCUT2D eigenvalue weighted by atomic mass is 10.3. The van der Waals surface area contributed by atoms with Crippen LogP contribution in [0.1, 0.15) is 20.8 Å². The maximum Gasteiger partial charge on any atom is 0.169 e. The van der Waals surface area contributed by atoms with Gasteiger partial charge in [0.2, 0.25) is 0 Å². The first kappa shape index (κ1) is 11.3. The van der Waals surface area contributed by atoms with Crippen LogP contribution in [0.15, 0.2) is 23.6 Å². The summed E-state index contributed by atoms with van der Waals surface area (Å²) in [7, 11) is 1.87. The van der Waals surface area contributed by atoms with E-state index in [2.05, 4.69) is 36.1 Å². The number of hydrogen-bond donors (Lipinski definition) is 1. The molecule has 1 N–H and O–H groups in total. The smallest absolute Gasteiger partial charge is 0.169 e. The summed E-state index contributed by atoms with van der Waals surface area (Å²) >= 11 is 1.73. The minimum Gasteiger partial charge on any atom is -0.372 e. The van der Waals surface area contributed by atoms with Crippen molar-refractivity contribution in [3.05, 3.63) is 18.6 Å². The second-order valence-corrected chi connectivity index (χ2v) is 6.37. The molecule has 2 heterocycles. The number of hydrogen-bond acceptors (Lipinski definition) is 4. The van der Waals surface area contributed by atoms with Crippen molar-refractivity contribution >= 4 is 23.2 Å². The molecule has 2 aromatic rings. The van der Waals surface area contributed by atoms with Crippen LogP contribution in [0.2, 0.25) is 0 Å². The van der Waals surface area contributed by atoms with Crippen molar-refractivity contribution in [1.82, 2.24) is 14.4 Å². The highest BCUT2D eigenvalue weighted by Crippen LogP contribution is 2.33. The van der Waals surface area contributed by atoms with Crippen molar-refractivity contribution in [2.75, 3.05) is 12.4 Å². The molecule has 0 aromatic carbocycles. The fourth-order valence-corrected chi connectivity index (χ4v) is 2.36. The van der Waals surface area contributed by atoms with Gasteiger partial charge in [-0.15, -0.1) is 0 Å². The van der Waals surface area contributed by atoms with Gasteiger partial charge < -0.3 is 9.72 Å². The first-order valence-corrected chi connectivity index (χ1v) is 6.02. The van der Waals surface area contributed by atoms with Gasteiger partial charge in [-0.05, 0) is 0 Å². The Hall–Kier alpha value is -1.23. The zero-order chi connectivity index (χ0) is 11.8. The highest BCUT2D eigenvalue weighted by atomic mass is 32.2. The van der Waals surface area contributed by atoms with Gasteiger partial charge in [-0.3, -0.25) is 0 Å². The number of thioether (sulfide) groups is 1. The quantitative estimate of drug-likeness (QED) is 0.814. The predicted octanol–water partition coefficient (Wildman–Crippen LogP) is 2.66. The van der Waals surface area contributed by atoms with E-state index in [1.54, 1.807) is 18.0 Å². The molecule has 0 aliphatic heterocycles. The van der Waals surface area contributed by atoms with Crippen molar-refractivity contribution in [2.24, 2.45) is 0 Å². The number of nitrogens with zero attached hydrogens (tertiary/aromatic N) is 3. The molecule has 0 unspecified atom stereocenters. The number of aromatic nitrogens is 3. The Kier molecular flexibility index (Phi) is 2.80. The van der Waals surface area contributed by atoms with Crippen LogP contribution in [0.4, 0.5) is 5.82 Å². The normalized spacial score (nSPS) is 12.0. The number of rotatable bonds is 2. The molecule has 2 aromatic heterocycles. The van der Waals surface area contributed by atoms with Crippen LogP contribution >= 0.6 is 11.8 Å². The average Bonchev–Trinajstić information content (AvgIpc) is 2.63. The average molecular weight is 236 g/mol. The van der Waals surface area contributed by atoms with Crippen LogP contribution in [0.3, 0.4) is 0 Å². The molecule has 5 heteroatoms. The highest BCUT2D eigenvalue weighted by molar-refractivity contribution is 8.00. The number of imidazole rings is 1. The number of nitrogens with one attached hydrogen (secondary N) is 1. The molecule has 16 heavy (non-hydrogen) atoms. The highest BCUT2D eigenvalue weighted by Gasteiger charge is 2.17. The Bertz CT molecular complexity index is 498. The van der Waals surface area contributed by atoms with Gasteiger partial charge in [0.05, 0.1) is 6.20 Å². The van der Waals surface area contributed by atoms with E-state index >= 15 is 0 Å². The summed E-state index contributed by atoms with van der Waals surface area (Å²) in [6.45, 7) is 6.51. The molecule has 0 bridgehead atoms. The third-order valence-corrected chi connectivity index (χ3v) is 3.08. The Morgan fingerprint density at radius 3 is 2.75 bits per heavy atom. The summed E-state index contributed by atoms with van der Waals surface area (Å²) in [6, 6.07) is 0. The first-order valence-electron chi connectivity index (χ1n) is 5.20. The van der Waals surface area contributed by atoms with Gasteiger partial charge in [-0.25, -0.2) is 9.97 Å². The molecular formula is C11H16N4S. The van der Waals surface area contributed by atoms with Gasteiger partial charge in [-0.1, -0.05) is 32.5 Å². The molecule has 0 amide bonds. The lowest BCUT2D eigenvalue weighted by Crippen LogP contribution is -2.09. The molecule has 0 aliphatic carbocycles. The SMILES string of the molecule is CNc1cn2ccnc2c(SC(C)(C)C)n1. The van der Waals surface area contributed by atoms with E-state index in [4.69, 9.17) is 0 Å². The standard InChI is InChI=1S/C11H16N4S/c1-11(2,3)16-10-9-13-5-6-15(9)7-8(12-4)14-10/h5-7,12H,1-4H3. The van der Waals surface area contributed by atoms with E-state index in [9.17, 15) is 0 Å². The Balaban J connectivity index is 2.52. The van der Waals surface area contributed by atoms with Crippen LogP contribution in [0.5, 0.6) is 0 Å². The summed E-state index contributed by atoms with van der Waals surface area (Å²) in [6.07, 6.45) is 5.67. The zero-order valence-electron chi connectivity index (χ0n) is 9.98. The van der Waals surface area contributed by atoms with Crippen molar-refractivity contribution in [3.63, 3.8) is 0 Å². The number of anilines is 1. The second kappa shape index (κ2) is 3.97. The van der Waals surface area contributed by atoms with Gasteiger partial charge in [-0.2, -0.15) is 0 Å². The summed E-state index contributed by atoms with van der Waals surface area (Å²) < 4.78 is 2.12. The summed E-state index contributed by atoms with van der Waals surface area (Å²) in [4.78, 5) is 8.88. The maximum absolute atomic E-state index is 4.55. The molecule has 0 saturated carbocycles. The molecular weight excluding hydrogens is 220 g/mol. The van der Waals surface area contributed by atoms with Crippen LogP contribution in [0, 0.1) is 0 Å². The largest absolute Gasteiger partial charge is 0.372 e. The zero-order valence-corrected chi connectivity index (χ0v) is 10.8. The molecule has 0 atom stereocenters. The van der Waals surface area contributed by atoms with Crippen molar-refractivity contribution in [1.29, 1.82) is 0 Å². The third-order valence-electron chi connectivity index (χ3n) is 2.00. The molecule has 2 rings (SSSR count).